The Bertz CT molecular complexity index is 857. The Morgan fingerprint density at radius 1 is 1.24 bits per heavy atom. The number of halogens is 1. The van der Waals surface area contributed by atoms with E-state index >= 15 is 0 Å². The Hall–Kier alpha value is -2.93. The average molecular weight is 399 g/mol. The zero-order valence-electron chi connectivity index (χ0n) is 16.7. The molecule has 1 saturated heterocycles. The van der Waals surface area contributed by atoms with Crippen molar-refractivity contribution in [2.24, 2.45) is 0 Å². The van der Waals surface area contributed by atoms with E-state index in [1.807, 2.05) is 0 Å². The number of carbonyl (C=O) groups excluding carboxylic acids is 2. The summed E-state index contributed by atoms with van der Waals surface area (Å²) in [5, 5.41) is 2.88. The van der Waals surface area contributed by atoms with E-state index in [4.69, 9.17) is 4.74 Å². The molecule has 0 bridgehead atoms. The van der Waals surface area contributed by atoms with E-state index in [9.17, 15) is 14.0 Å². The van der Waals surface area contributed by atoms with Gasteiger partial charge in [-0.15, -0.1) is 0 Å². The van der Waals surface area contributed by atoms with Crippen LogP contribution in [0.3, 0.4) is 0 Å². The minimum atomic E-state index is -0.290. The van der Waals surface area contributed by atoms with Crippen molar-refractivity contribution in [1.82, 2.24) is 9.80 Å². The highest BCUT2D eigenvalue weighted by Gasteiger charge is 2.27. The molecule has 2 amide bonds. The molecule has 1 aliphatic rings. The lowest BCUT2D eigenvalue weighted by atomic mass is 10.2. The van der Waals surface area contributed by atoms with Crippen LogP contribution in [-0.2, 0) is 16.2 Å². The van der Waals surface area contributed by atoms with Gasteiger partial charge in [-0.2, -0.15) is 0 Å². The minimum absolute atomic E-state index is 0.0426. The maximum Gasteiger partial charge on any atom is 0.238 e. The number of anilines is 1. The molecule has 0 aromatic heterocycles. The normalized spacial score (nSPS) is 16.4. The van der Waals surface area contributed by atoms with Gasteiger partial charge in [0.2, 0.25) is 11.8 Å². The van der Waals surface area contributed by atoms with E-state index in [0.29, 0.717) is 24.5 Å². The molecule has 154 valence electrons. The van der Waals surface area contributed by atoms with Gasteiger partial charge in [-0.3, -0.25) is 14.5 Å². The van der Waals surface area contributed by atoms with Crippen molar-refractivity contribution in [1.29, 1.82) is 0 Å². The maximum atomic E-state index is 13.2. The topological polar surface area (TPSA) is 61.9 Å². The van der Waals surface area contributed by atoms with Crippen LogP contribution in [0.4, 0.5) is 10.1 Å². The molecule has 0 spiro atoms. The van der Waals surface area contributed by atoms with Crippen LogP contribution in [0.1, 0.15) is 18.9 Å². The predicted octanol–water partition coefficient (Wildman–Crippen LogP) is 2.90. The van der Waals surface area contributed by atoms with E-state index in [1.165, 1.54) is 12.1 Å². The third kappa shape index (κ3) is 6.02. The fourth-order valence-electron chi connectivity index (χ4n) is 3.36. The fourth-order valence-corrected chi connectivity index (χ4v) is 3.36. The van der Waals surface area contributed by atoms with Crippen molar-refractivity contribution >= 4 is 17.5 Å². The summed E-state index contributed by atoms with van der Waals surface area (Å²) < 4.78 is 18.8. The lowest BCUT2D eigenvalue weighted by Gasteiger charge is -2.23. The number of ether oxygens (including phenoxy) is 1. The van der Waals surface area contributed by atoms with Crippen LogP contribution in [-0.4, -0.2) is 54.3 Å². The first kappa shape index (κ1) is 20.8. The molecular weight excluding hydrogens is 373 g/mol. The highest BCUT2D eigenvalue weighted by atomic mass is 19.1. The van der Waals surface area contributed by atoms with Gasteiger partial charge < -0.3 is 15.0 Å². The third-order valence-corrected chi connectivity index (χ3v) is 5.09. The number of rotatable bonds is 7. The van der Waals surface area contributed by atoms with E-state index < -0.39 is 0 Å². The van der Waals surface area contributed by atoms with Gasteiger partial charge in [-0.05, 0) is 48.4 Å². The molecule has 3 rings (SSSR count). The van der Waals surface area contributed by atoms with E-state index in [1.54, 1.807) is 55.3 Å². The zero-order chi connectivity index (χ0) is 20.8. The molecule has 1 atom stereocenters. The molecular formula is C22H26FN3O3. The minimum Gasteiger partial charge on any atom is -0.489 e. The lowest BCUT2D eigenvalue weighted by Crippen LogP contribution is -2.39. The molecule has 2 aromatic rings. The number of benzene rings is 2. The first-order valence-electron chi connectivity index (χ1n) is 9.63. The summed E-state index contributed by atoms with van der Waals surface area (Å²) in [4.78, 5) is 27.6. The smallest absolute Gasteiger partial charge is 0.238 e. The van der Waals surface area contributed by atoms with Gasteiger partial charge in [0.25, 0.3) is 0 Å². The largest absolute Gasteiger partial charge is 0.489 e. The predicted molar refractivity (Wildman–Crippen MR) is 109 cm³/mol. The molecule has 1 heterocycles. The second-order valence-corrected chi connectivity index (χ2v) is 7.30. The van der Waals surface area contributed by atoms with Gasteiger partial charge in [-0.1, -0.05) is 12.1 Å². The van der Waals surface area contributed by atoms with Crippen LogP contribution in [0, 0.1) is 5.82 Å². The number of amides is 2. The number of nitrogens with zero attached hydrogens (tertiary/aromatic N) is 2. The van der Waals surface area contributed by atoms with Gasteiger partial charge in [0.15, 0.2) is 0 Å². The number of likely N-dealkylation sites (tertiary alicyclic amines) is 1. The Balaban J connectivity index is 1.44. The fraction of sp³-hybridized carbons (Fsp3) is 0.364. The van der Waals surface area contributed by atoms with Gasteiger partial charge >= 0.3 is 0 Å². The van der Waals surface area contributed by atoms with Crippen molar-refractivity contribution in [2.75, 3.05) is 32.0 Å². The van der Waals surface area contributed by atoms with E-state index in [0.717, 1.165) is 18.5 Å². The number of nitrogens with one attached hydrogen (secondary N) is 1. The summed E-state index contributed by atoms with van der Waals surface area (Å²) >= 11 is 0. The van der Waals surface area contributed by atoms with E-state index in [-0.39, 0.29) is 30.3 Å². The summed E-state index contributed by atoms with van der Waals surface area (Å²) in [5.41, 5.74) is 1.44. The average Bonchev–Trinajstić information content (AvgIpc) is 3.15. The lowest BCUT2D eigenvalue weighted by molar-refractivity contribution is -0.129. The van der Waals surface area contributed by atoms with Gasteiger partial charge in [0.05, 0.1) is 6.54 Å². The second-order valence-electron chi connectivity index (χ2n) is 7.30. The summed E-state index contributed by atoms with van der Waals surface area (Å²) in [7, 11) is 1.80. The van der Waals surface area contributed by atoms with Gasteiger partial charge in [0.1, 0.15) is 18.2 Å². The van der Waals surface area contributed by atoms with Crippen LogP contribution in [0.2, 0.25) is 0 Å². The van der Waals surface area contributed by atoms with Gasteiger partial charge in [-0.25, -0.2) is 4.39 Å². The van der Waals surface area contributed by atoms with E-state index in [2.05, 4.69) is 10.2 Å². The van der Waals surface area contributed by atoms with Crippen LogP contribution in [0.15, 0.2) is 48.5 Å². The molecule has 0 radical (unpaired) electrons. The highest BCUT2D eigenvalue weighted by Crippen LogP contribution is 2.18. The summed E-state index contributed by atoms with van der Waals surface area (Å²) in [6.45, 7) is 3.62. The first-order chi connectivity index (χ1) is 13.9. The number of likely N-dealkylation sites (N-methyl/N-ethyl adjacent to an activating group) is 1. The van der Waals surface area contributed by atoms with Crippen LogP contribution in [0.5, 0.6) is 5.75 Å². The monoisotopic (exact) mass is 399 g/mol. The molecule has 7 heteroatoms. The van der Waals surface area contributed by atoms with Gasteiger partial charge in [0, 0.05) is 38.8 Å². The summed E-state index contributed by atoms with van der Waals surface area (Å²) in [5.74, 6) is 0.300. The second kappa shape index (κ2) is 9.52. The highest BCUT2D eigenvalue weighted by molar-refractivity contribution is 5.92. The quantitative estimate of drug-likeness (QED) is 0.778. The maximum absolute atomic E-state index is 13.2. The third-order valence-electron chi connectivity index (χ3n) is 5.09. The Morgan fingerprint density at radius 2 is 2.00 bits per heavy atom. The van der Waals surface area contributed by atoms with Crippen molar-refractivity contribution in [3.05, 3.63) is 59.9 Å². The Kier molecular flexibility index (Phi) is 6.82. The molecule has 6 nitrogen and oxygen atoms in total. The van der Waals surface area contributed by atoms with Crippen molar-refractivity contribution in [3.63, 3.8) is 0 Å². The van der Waals surface area contributed by atoms with Crippen molar-refractivity contribution < 1.29 is 18.7 Å². The first-order valence-corrected chi connectivity index (χ1v) is 9.63. The number of carbonyl (C=O) groups is 2. The van der Waals surface area contributed by atoms with Crippen LogP contribution in [0.25, 0.3) is 0 Å². The summed E-state index contributed by atoms with van der Waals surface area (Å²) in [6.07, 6.45) is 0.876. The molecule has 0 saturated carbocycles. The molecule has 1 fully saturated rings. The Labute approximate surface area is 170 Å². The van der Waals surface area contributed by atoms with Crippen LogP contribution >= 0.6 is 0 Å². The number of hydrogen-bond donors (Lipinski definition) is 1. The number of hydrogen-bond acceptors (Lipinski definition) is 4. The molecule has 29 heavy (non-hydrogen) atoms. The van der Waals surface area contributed by atoms with Crippen molar-refractivity contribution in [3.8, 4) is 5.75 Å². The summed E-state index contributed by atoms with van der Waals surface area (Å²) in [6, 6.07) is 13.5. The van der Waals surface area contributed by atoms with Crippen LogP contribution < -0.4 is 10.1 Å². The molecule has 2 aromatic carbocycles. The standard InChI is InChI=1S/C22H26FN3O3/c1-16(27)25(2)20-10-11-26(13-20)14-22(28)24-19-6-8-21(9-7-19)29-15-17-4-3-5-18(23)12-17/h3-9,12,20H,10-11,13-15H2,1-2H3,(H,24,28). The molecule has 1 N–H and O–H groups in total. The van der Waals surface area contributed by atoms with Crippen molar-refractivity contribution in [2.45, 2.75) is 26.0 Å². The SMILES string of the molecule is CC(=O)N(C)C1CCN(CC(=O)Nc2ccc(OCc3cccc(F)c3)cc2)C1. The molecule has 0 aliphatic carbocycles. The zero-order valence-corrected chi connectivity index (χ0v) is 16.7. The Morgan fingerprint density at radius 3 is 2.69 bits per heavy atom. The molecule has 1 unspecified atom stereocenters. The molecule has 1 aliphatic heterocycles.